The second-order valence-corrected chi connectivity index (χ2v) is 8.61. The van der Waals surface area contributed by atoms with Gasteiger partial charge in [0.2, 0.25) is 5.91 Å². The number of anilines is 1. The molecule has 2 heterocycles. The first-order valence-corrected chi connectivity index (χ1v) is 9.74. The molecule has 10 heteroatoms. The highest BCUT2D eigenvalue weighted by Crippen LogP contribution is 2.42. The van der Waals surface area contributed by atoms with Crippen LogP contribution < -0.4 is 14.8 Å². The van der Waals surface area contributed by atoms with Crippen molar-refractivity contribution in [3.05, 3.63) is 39.0 Å². The van der Waals surface area contributed by atoms with Gasteiger partial charge in [0.1, 0.15) is 5.75 Å². The number of thiophene rings is 1. The van der Waals surface area contributed by atoms with E-state index in [0.29, 0.717) is 0 Å². The molecule has 24 heavy (non-hydrogen) atoms. The second-order valence-electron chi connectivity index (χ2n) is 4.86. The van der Waals surface area contributed by atoms with Crippen molar-refractivity contribution in [2.75, 3.05) is 11.1 Å². The van der Waals surface area contributed by atoms with Gasteiger partial charge in [0.15, 0.2) is 11.5 Å². The summed E-state index contributed by atoms with van der Waals surface area (Å²) >= 11 is 4.79. The monoisotopic (exact) mass is 437 g/mol. The standard InChI is InChI=1S/C14H10BrF2NO4S2/c15-12-3-8(5-23-12)6-24(20)7-13(19)18-9-1-2-10-11(4-9)22-14(16,17)21-10/h1-5H,6-7H2,(H,18,19)/t24-/m1/s1. The van der Waals surface area contributed by atoms with Crippen LogP contribution in [0.4, 0.5) is 14.5 Å². The molecule has 1 atom stereocenters. The summed E-state index contributed by atoms with van der Waals surface area (Å²) in [5.74, 6) is -0.680. The molecular weight excluding hydrogens is 428 g/mol. The van der Waals surface area contributed by atoms with Gasteiger partial charge < -0.3 is 14.8 Å². The third kappa shape index (κ3) is 4.31. The van der Waals surface area contributed by atoms with Crippen LogP contribution in [0, 0.1) is 0 Å². The number of halogens is 3. The van der Waals surface area contributed by atoms with Crippen molar-refractivity contribution in [1.82, 2.24) is 0 Å². The van der Waals surface area contributed by atoms with Crippen LogP contribution in [-0.4, -0.2) is 22.2 Å². The molecule has 0 aliphatic carbocycles. The zero-order valence-corrected chi connectivity index (χ0v) is 15.1. The van der Waals surface area contributed by atoms with Gasteiger partial charge >= 0.3 is 6.29 Å². The molecule has 2 aromatic rings. The summed E-state index contributed by atoms with van der Waals surface area (Å²) < 4.78 is 47.4. The number of amides is 1. The highest BCUT2D eigenvalue weighted by molar-refractivity contribution is 9.11. The fourth-order valence-electron chi connectivity index (χ4n) is 2.03. The lowest BCUT2D eigenvalue weighted by molar-refractivity contribution is -0.286. The molecule has 1 aliphatic heterocycles. The molecule has 1 aromatic carbocycles. The van der Waals surface area contributed by atoms with Gasteiger partial charge in [-0.25, -0.2) is 0 Å². The van der Waals surface area contributed by atoms with Gasteiger partial charge in [-0.1, -0.05) is 0 Å². The quantitative estimate of drug-likeness (QED) is 0.773. The van der Waals surface area contributed by atoms with Crippen LogP contribution in [0.2, 0.25) is 0 Å². The first-order valence-electron chi connectivity index (χ1n) is 6.58. The predicted molar refractivity (Wildman–Crippen MR) is 90.0 cm³/mol. The normalized spacial score (nSPS) is 16.0. The van der Waals surface area contributed by atoms with Crippen LogP contribution in [0.5, 0.6) is 11.5 Å². The Balaban J connectivity index is 1.57. The van der Waals surface area contributed by atoms with Gasteiger partial charge in [0.25, 0.3) is 0 Å². The molecule has 0 fully saturated rings. The highest BCUT2D eigenvalue weighted by Gasteiger charge is 2.43. The van der Waals surface area contributed by atoms with Gasteiger partial charge in [-0.2, -0.15) is 0 Å². The summed E-state index contributed by atoms with van der Waals surface area (Å²) in [4.78, 5) is 11.9. The molecule has 0 unspecified atom stereocenters. The number of ether oxygens (including phenoxy) is 2. The van der Waals surface area contributed by atoms with Crippen molar-refractivity contribution in [2.45, 2.75) is 12.0 Å². The molecule has 0 radical (unpaired) electrons. The van der Waals surface area contributed by atoms with Crippen LogP contribution in [0.15, 0.2) is 33.4 Å². The summed E-state index contributed by atoms with van der Waals surface area (Å²) in [5, 5.41) is 4.36. The van der Waals surface area contributed by atoms with Gasteiger partial charge in [-0.15, -0.1) is 20.1 Å². The maximum Gasteiger partial charge on any atom is 0.586 e. The van der Waals surface area contributed by atoms with Crippen LogP contribution in [0.1, 0.15) is 5.56 Å². The Morgan fingerprint density at radius 3 is 2.75 bits per heavy atom. The minimum atomic E-state index is -3.71. The number of alkyl halides is 2. The Morgan fingerprint density at radius 1 is 1.29 bits per heavy atom. The van der Waals surface area contributed by atoms with Gasteiger partial charge in [0, 0.05) is 28.3 Å². The highest BCUT2D eigenvalue weighted by atomic mass is 79.9. The Bertz CT molecular complexity index is 812. The Kier molecular flexibility index (Phi) is 4.88. The van der Waals surface area contributed by atoms with Crippen molar-refractivity contribution < 1.29 is 27.3 Å². The van der Waals surface area contributed by atoms with Crippen LogP contribution in [0.25, 0.3) is 0 Å². The maximum absolute atomic E-state index is 12.9. The molecule has 1 amide bonds. The number of nitrogens with one attached hydrogen (secondary N) is 1. The molecular formula is C14H10BrF2NO4S2. The number of carbonyl (C=O) groups excluding carboxylic acids is 1. The summed E-state index contributed by atoms with van der Waals surface area (Å²) in [6.07, 6.45) is -3.71. The van der Waals surface area contributed by atoms with Crippen molar-refractivity contribution in [2.24, 2.45) is 0 Å². The first kappa shape index (κ1) is 17.3. The van der Waals surface area contributed by atoms with E-state index in [2.05, 4.69) is 30.7 Å². The van der Waals surface area contributed by atoms with Crippen LogP contribution >= 0.6 is 27.3 Å². The number of carbonyl (C=O) groups is 1. The van der Waals surface area contributed by atoms with Crippen molar-refractivity contribution >= 4 is 49.7 Å². The number of hydrogen-bond donors (Lipinski definition) is 1. The van der Waals surface area contributed by atoms with E-state index in [1.165, 1.54) is 29.5 Å². The molecule has 5 nitrogen and oxygen atoms in total. The molecule has 0 spiro atoms. The number of rotatable bonds is 5. The van der Waals surface area contributed by atoms with E-state index < -0.39 is 23.0 Å². The van der Waals surface area contributed by atoms with Crippen molar-refractivity contribution in [1.29, 1.82) is 0 Å². The average Bonchev–Trinajstić information content (AvgIpc) is 2.99. The molecule has 1 aromatic heterocycles. The van der Waals surface area contributed by atoms with E-state index in [1.54, 1.807) is 0 Å². The van der Waals surface area contributed by atoms with E-state index in [9.17, 15) is 17.8 Å². The van der Waals surface area contributed by atoms with Crippen LogP contribution in [-0.2, 0) is 21.3 Å². The third-order valence-electron chi connectivity index (χ3n) is 2.93. The van der Waals surface area contributed by atoms with Crippen molar-refractivity contribution in [3.8, 4) is 11.5 Å². The third-order valence-corrected chi connectivity index (χ3v) is 5.72. The summed E-state index contributed by atoms with van der Waals surface area (Å²) in [6, 6.07) is 5.75. The van der Waals surface area contributed by atoms with E-state index in [0.717, 1.165) is 9.35 Å². The van der Waals surface area contributed by atoms with E-state index >= 15 is 0 Å². The lowest BCUT2D eigenvalue weighted by Gasteiger charge is -2.06. The SMILES string of the molecule is O=C(C[S@](=O)Cc1csc(Br)c1)Nc1ccc2c(c1)OC(F)(F)O2. The minimum absolute atomic E-state index is 0.107. The van der Waals surface area contributed by atoms with E-state index in [-0.39, 0.29) is 28.7 Å². The van der Waals surface area contributed by atoms with Gasteiger partial charge in [-0.05, 0) is 45.1 Å². The molecule has 0 bridgehead atoms. The molecule has 0 saturated carbocycles. The Hall–Kier alpha value is -1.52. The van der Waals surface area contributed by atoms with Gasteiger partial charge in [-0.3, -0.25) is 9.00 Å². The summed E-state index contributed by atoms with van der Waals surface area (Å²) in [5.41, 5.74) is 1.14. The lowest BCUT2D eigenvalue weighted by atomic mass is 10.3. The zero-order chi connectivity index (χ0) is 17.3. The summed E-state index contributed by atoms with van der Waals surface area (Å²) in [6.45, 7) is 0. The summed E-state index contributed by atoms with van der Waals surface area (Å²) in [7, 11) is -1.38. The smallest absolute Gasteiger partial charge is 0.395 e. The lowest BCUT2D eigenvalue weighted by Crippen LogP contribution is -2.25. The van der Waals surface area contributed by atoms with Crippen LogP contribution in [0.3, 0.4) is 0 Å². The number of hydrogen-bond acceptors (Lipinski definition) is 5. The number of benzene rings is 1. The molecule has 1 N–H and O–H groups in total. The van der Waals surface area contributed by atoms with E-state index in [1.807, 2.05) is 11.4 Å². The molecule has 1 aliphatic rings. The first-order chi connectivity index (χ1) is 11.3. The Labute approximate surface area is 150 Å². The molecule has 0 saturated heterocycles. The van der Waals surface area contributed by atoms with Crippen molar-refractivity contribution in [3.63, 3.8) is 0 Å². The fourth-order valence-corrected chi connectivity index (χ4v) is 4.35. The second kappa shape index (κ2) is 6.77. The minimum Gasteiger partial charge on any atom is -0.395 e. The molecule has 128 valence electrons. The largest absolute Gasteiger partial charge is 0.586 e. The average molecular weight is 438 g/mol. The van der Waals surface area contributed by atoms with E-state index in [4.69, 9.17) is 0 Å². The zero-order valence-electron chi connectivity index (χ0n) is 11.9. The predicted octanol–water partition coefficient (Wildman–Crippen LogP) is 3.72. The topological polar surface area (TPSA) is 64.6 Å². The van der Waals surface area contributed by atoms with Gasteiger partial charge in [0.05, 0.1) is 3.79 Å². The fraction of sp³-hybridized carbons (Fsp3) is 0.214. The number of fused-ring (bicyclic) bond motifs is 1. The maximum atomic E-state index is 12.9. The Morgan fingerprint density at radius 2 is 2.04 bits per heavy atom. The molecule has 3 rings (SSSR count).